The van der Waals surface area contributed by atoms with Gasteiger partial charge < -0.3 is 15.2 Å². The second kappa shape index (κ2) is 9.97. The molecule has 0 saturated carbocycles. The molecule has 0 heterocycles. The first kappa shape index (κ1) is 21.4. The molecule has 0 aliphatic rings. The highest BCUT2D eigenvalue weighted by Gasteiger charge is 2.12. The van der Waals surface area contributed by atoms with Crippen LogP contribution in [0.1, 0.15) is 11.1 Å². The highest BCUT2D eigenvalue weighted by molar-refractivity contribution is 9.10. The van der Waals surface area contributed by atoms with E-state index >= 15 is 0 Å². The fourth-order valence-electron chi connectivity index (χ4n) is 2.58. The van der Waals surface area contributed by atoms with Gasteiger partial charge in [0.1, 0.15) is 29.7 Å². The van der Waals surface area contributed by atoms with Crippen LogP contribution in [-0.2, 0) is 11.4 Å². The second-order valence-corrected chi connectivity index (χ2v) is 7.56. The molecular formula is C23H16BrClN2O3. The van der Waals surface area contributed by atoms with Gasteiger partial charge in [0.15, 0.2) is 0 Å². The molecule has 3 aromatic carbocycles. The summed E-state index contributed by atoms with van der Waals surface area (Å²) >= 11 is 9.58. The quantitative estimate of drug-likeness (QED) is 0.258. The molecule has 5 nitrogen and oxygen atoms in total. The maximum Gasteiger partial charge on any atom is 0.266 e. The number of phenolic OH excluding ortho intramolecular Hbond substituents is 1. The van der Waals surface area contributed by atoms with Crippen molar-refractivity contribution in [2.75, 3.05) is 5.32 Å². The number of nitrogens with one attached hydrogen (secondary N) is 1. The Morgan fingerprint density at radius 1 is 1.17 bits per heavy atom. The van der Waals surface area contributed by atoms with Crippen LogP contribution < -0.4 is 10.1 Å². The molecule has 0 saturated heterocycles. The Hall–Kier alpha value is -3.27. The van der Waals surface area contributed by atoms with Crippen LogP contribution in [0.5, 0.6) is 11.5 Å². The third-order valence-electron chi connectivity index (χ3n) is 4.10. The highest BCUT2D eigenvalue weighted by Crippen LogP contribution is 2.27. The van der Waals surface area contributed by atoms with Crippen molar-refractivity contribution in [3.05, 3.63) is 92.9 Å². The van der Waals surface area contributed by atoms with Gasteiger partial charge in [-0.05, 0) is 54.6 Å². The summed E-state index contributed by atoms with van der Waals surface area (Å²) in [5.74, 6) is 0.0158. The van der Waals surface area contributed by atoms with Crippen LogP contribution in [0, 0.1) is 11.3 Å². The molecule has 0 aromatic heterocycles. The van der Waals surface area contributed by atoms with E-state index in [1.165, 1.54) is 18.2 Å². The molecule has 0 aliphatic carbocycles. The summed E-state index contributed by atoms with van der Waals surface area (Å²) in [7, 11) is 0. The molecule has 2 N–H and O–H groups in total. The zero-order chi connectivity index (χ0) is 21.5. The summed E-state index contributed by atoms with van der Waals surface area (Å²) < 4.78 is 6.67. The first-order valence-corrected chi connectivity index (χ1v) is 10.0. The van der Waals surface area contributed by atoms with Gasteiger partial charge >= 0.3 is 0 Å². The number of ether oxygens (including phenoxy) is 1. The van der Waals surface area contributed by atoms with Gasteiger partial charge in [-0.3, -0.25) is 4.79 Å². The van der Waals surface area contributed by atoms with Crippen molar-refractivity contribution >= 4 is 45.2 Å². The van der Waals surface area contributed by atoms with E-state index in [0.717, 1.165) is 10.0 Å². The van der Waals surface area contributed by atoms with Gasteiger partial charge in [0.25, 0.3) is 5.91 Å². The molecule has 0 radical (unpaired) electrons. The van der Waals surface area contributed by atoms with Gasteiger partial charge in [-0.25, -0.2) is 0 Å². The van der Waals surface area contributed by atoms with Gasteiger partial charge in [0.05, 0.1) is 0 Å². The number of halogens is 2. The molecule has 150 valence electrons. The monoisotopic (exact) mass is 482 g/mol. The Bertz CT molecular complexity index is 1140. The van der Waals surface area contributed by atoms with E-state index in [4.69, 9.17) is 16.3 Å². The zero-order valence-electron chi connectivity index (χ0n) is 15.6. The van der Waals surface area contributed by atoms with Crippen LogP contribution >= 0.6 is 27.5 Å². The number of anilines is 1. The normalized spacial score (nSPS) is 10.9. The number of hydrogen-bond acceptors (Lipinski definition) is 4. The zero-order valence-corrected chi connectivity index (χ0v) is 17.9. The predicted molar refractivity (Wildman–Crippen MR) is 120 cm³/mol. The molecule has 1 amide bonds. The number of nitrogens with zero attached hydrogens (tertiary/aromatic N) is 1. The number of amides is 1. The summed E-state index contributed by atoms with van der Waals surface area (Å²) in [6.45, 7) is 0.240. The SMILES string of the molecule is N#CC(=Cc1cc(Br)ccc1OCc1ccccc1Cl)C(=O)Nc1ccc(O)cc1. The minimum atomic E-state index is -0.569. The fourth-order valence-corrected chi connectivity index (χ4v) is 3.15. The largest absolute Gasteiger partial charge is 0.508 e. The van der Waals surface area contributed by atoms with Crippen molar-refractivity contribution in [3.63, 3.8) is 0 Å². The third kappa shape index (κ3) is 5.63. The van der Waals surface area contributed by atoms with Gasteiger partial charge in [-0.1, -0.05) is 45.7 Å². The summed E-state index contributed by atoms with van der Waals surface area (Å²) in [4.78, 5) is 12.5. The first-order valence-electron chi connectivity index (χ1n) is 8.84. The van der Waals surface area contributed by atoms with E-state index in [2.05, 4.69) is 21.2 Å². The number of rotatable bonds is 6. The van der Waals surface area contributed by atoms with E-state index in [1.807, 2.05) is 30.3 Å². The molecule has 3 rings (SSSR count). The topological polar surface area (TPSA) is 82.3 Å². The number of aromatic hydroxyl groups is 1. The number of phenols is 1. The van der Waals surface area contributed by atoms with Crippen molar-refractivity contribution in [2.45, 2.75) is 6.61 Å². The van der Waals surface area contributed by atoms with Gasteiger partial charge in [0, 0.05) is 26.3 Å². The minimum Gasteiger partial charge on any atom is -0.508 e. The molecule has 0 spiro atoms. The Morgan fingerprint density at radius 3 is 2.60 bits per heavy atom. The first-order chi connectivity index (χ1) is 14.5. The Balaban J connectivity index is 1.83. The Kier molecular flexibility index (Phi) is 7.12. The van der Waals surface area contributed by atoms with Crippen molar-refractivity contribution < 1.29 is 14.6 Å². The second-order valence-electron chi connectivity index (χ2n) is 6.23. The molecule has 7 heteroatoms. The molecule has 3 aromatic rings. The Labute approximate surface area is 187 Å². The van der Waals surface area contributed by atoms with Crippen molar-refractivity contribution in [3.8, 4) is 17.6 Å². The van der Waals surface area contributed by atoms with Crippen LogP contribution in [0.25, 0.3) is 6.08 Å². The maximum atomic E-state index is 12.5. The minimum absolute atomic E-state index is 0.0819. The number of carbonyl (C=O) groups is 1. The van der Waals surface area contributed by atoms with Gasteiger partial charge in [0.2, 0.25) is 0 Å². The number of benzene rings is 3. The average molecular weight is 484 g/mol. The number of carbonyl (C=O) groups excluding carboxylic acids is 1. The van der Waals surface area contributed by atoms with Crippen molar-refractivity contribution in [1.82, 2.24) is 0 Å². The van der Waals surface area contributed by atoms with Crippen LogP contribution in [-0.4, -0.2) is 11.0 Å². The lowest BCUT2D eigenvalue weighted by molar-refractivity contribution is -0.112. The fraction of sp³-hybridized carbons (Fsp3) is 0.0435. The summed E-state index contributed by atoms with van der Waals surface area (Å²) in [6, 6.07) is 20.6. The molecule has 0 atom stereocenters. The van der Waals surface area contributed by atoms with E-state index in [-0.39, 0.29) is 17.9 Å². The van der Waals surface area contributed by atoms with Gasteiger partial charge in [-0.15, -0.1) is 0 Å². The summed E-state index contributed by atoms with van der Waals surface area (Å²) in [6.07, 6.45) is 1.46. The van der Waals surface area contributed by atoms with Crippen LogP contribution in [0.3, 0.4) is 0 Å². The van der Waals surface area contributed by atoms with E-state index in [1.54, 1.807) is 30.3 Å². The molecular weight excluding hydrogens is 468 g/mol. The lowest BCUT2D eigenvalue weighted by Gasteiger charge is -2.11. The van der Waals surface area contributed by atoms with Crippen molar-refractivity contribution in [1.29, 1.82) is 5.26 Å². The average Bonchev–Trinajstić information content (AvgIpc) is 2.74. The lowest BCUT2D eigenvalue weighted by Crippen LogP contribution is -2.13. The molecule has 0 fully saturated rings. The molecule has 0 unspecified atom stereocenters. The molecule has 30 heavy (non-hydrogen) atoms. The number of nitriles is 1. The maximum absolute atomic E-state index is 12.5. The van der Waals surface area contributed by atoms with Crippen LogP contribution in [0.15, 0.2) is 76.8 Å². The van der Waals surface area contributed by atoms with Crippen LogP contribution in [0.4, 0.5) is 5.69 Å². The van der Waals surface area contributed by atoms with Crippen molar-refractivity contribution in [2.24, 2.45) is 0 Å². The standard InChI is InChI=1S/C23H16BrClN2O3/c24-18-5-10-22(30-14-15-3-1-2-4-21(15)25)16(12-18)11-17(13-26)23(29)27-19-6-8-20(28)9-7-19/h1-12,28H,14H2,(H,27,29). The van der Waals surface area contributed by atoms with E-state index < -0.39 is 5.91 Å². The Morgan fingerprint density at radius 2 is 1.90 bits per heavy atom. The summed E-state index contributed by atoms with van der Waals surface area (Å²) in [5.41, 5.74) is 1.75. The van der Waals surface area contributed by atoms with E-state index in [9.17, 15) is 15.2 Å². The molecule has 0 bridgehead atoms. The van der Waals surface area contributed by atoms with Gasteiger partial charge in [-0.2, -0.15) is 5.26 Å². The lowest BCUT2D eigenvalue weighted by atomic mass is 10.1. The molecule has 0 aliphatic heterocycles. The van der Waals surface area contributed by atoms with E-state index in [0.29, 0.717) is 22.0 Å². The number of hydrogen-bond donors (Lipinski definition) is 2. The third-order valence-corrected chi connectivity index (χ3v) is 4.96. The highest BCUT2D eigenvalue weighted by atomic mass is 79.9. The smallest absolute Gasteiger partial charge is 0.266 e. The predicted octanol–water partition coefficient (Wildman–Crippen LogP) is 5.93. The summed E-state index contributed by atoms with van der Waals surface area (Å²) in [5, 5.41) is 22.1. The van der Waals surface area contributed by atoms with Crippen LogP contribution in [0.2, 0.25) is 5.02 Å².